The number of nitrogens with zero attached hydrogens (tertiary/aromatic N) is 1. The molecule has 0 aromatic carbocycles. The van der Waals surface area contributed by atoms with E-state index in [1.807, 2.05) is 11.3 Å². The average molecular weight is 306 g/mol. The van der Waals surface area contributed by atoms with Gasteiger partial charge in [0.15, 0.2) is 0 Å². The van der Waals surface area contributed by atoms with Crippen LogP contribution in [-0.2, 0) is 16.1 Å². The third-order valence-electron chi connectivity index (χ3n) is 5.11. The van der Waals surface area contributed by atoms with Gasteiger partial charge in [-0.25, -0.2) is 0 Å². The molecule has 5 heteroatoms. The van der Waals surface area contributed by atoms with Gasteiger partial charge < -0.3 is 10.1 Å². The van der Waals surface area contributed by atoms with Crippen molar-refractivity contribution < 1.29 is 9.53 Å². The third kappa shape index (κ3) is 2.74. The molecule has 114 valence electrons. The summed E-state index contributed by atoms with van der Waals surface area (Å²) in [4.78, 5) is 15.9. The van der Waals surface area contributed by atoms with Crippen molar-refractivity contribution in [2.24, 2.45) is 17.3 Å². The van der Waals surface area contributed by atoms with Gasteiger partial charge >= 0.3 is 0 Å². The van der Waals surface area contributed by atoms with Crippen molar-refractivity contribution in [3.05, 3.63) is 22.4 Å². The maximum atomic E-state index is 11.9. The van der Waals surface area contributed by atoms with Gasteiger partial charge in [0.25, 0.3) is 0 Å². The van der Waals surface area contributed by atoms with E-state index in [9.17, 15) is 4.79 Å². The summed E-state index contributed by atoms with van der Waals surface area (Å²) in [5, 5.41) is 5.32. The molecule has 0 radical (unpaired) electrons. The molecule has 2 aliphatic heterocycles. The van der Waals surface area contributed by atoms with Gasteiger partial charge in [0.1, 0.15) is 0 Å². The van der Waals surface area contributed by atoms with Crippen LogP contribution in [0.1, 0.15) is 17.7 Å². The summed E-state index contributed by atoms with van der Waals surface area (Å²) < 4.78 is 5.73. The van der Waals surface area contributed by atoms with Crippen molar-refractivity contribution in [2.45, 2.75) is 19.4 Å². The third-order valence-corrected chi connectivity index (χ3v) is 5.98. The number of fused-ring (bicyclic) bond motifs is 1. The molecule has 2 atom stereocenters. The molecule has 4 rings (SSSR count). The maximum absolute atomic E-state index is 11.9. The van der Waals surface area contributed by atoms with E-state index in [2.05, 4.69) is 27.7 Å². The summed E-state index contributed by atoms with van der Waals surface area (Å²) in [6, 6.07) is 4.32. The lowest BCUT2D eigenvalue weighted by Gasteiger charge is -2.27. The lowest BCUT2D eigenvalue weighted by Crippen LogP contribution is -2.43. The highest BCUT2D eigenvalue weighted by Crippen LogP contribution is 2.41. The zero-order valence-electron chi connectivity index (χ0n) is 12.2. The number of rotatable bonds is 5. The topological polar surface area (TPSA) is 41.6 Å². The minimum absolute atomic E-state index is 0.141. The van der Waals surface area contributed by atoms with E-state index in [0.29, 0.717) is 11.8 Å². The van der Waals surface area contributed by atoms with Gasteiger partial charge in [-0.05, 0) is 24.3 Å². The molecule has 2 saturated heterocycles. The van der Waals surface area contributed by atoms with Crippen LogP contribution in [0.4, 0.5) is 0 Å². The summed E-state index contributed by atoms with van der Waals surface area (Å²) in [5.41, 5.74) is 0.141. The molecule has 1 aromatic rings. The summed E-state index contributed by atoms with van der Waals surface area (Å²) in [7, 11) is 0. The van der Waals surface area contributed by atoms with Crippen molar-refractivity contribution in [3.63, 3.8) is 0 Å². The van der Waals surface area contributed by atoms with Gasteiger partial charge in [-0.2, -0.15) is 0 Å². The molecule has 1 aliphatic carbocycles. The SMILES string of the molecule is O=C(NC[C@]12COC[C@H]1CN(Cc1cccs1)C2)C1CC1. The fourth-order valence-corrected chi connectivity index (χ4v) is 4.44. The number of carbonyl (C=O) groups is 1. The Balaban J connectivity index is 1.39. The van der Waals surface area contributed by atoms with Crippen molar-refractivity contribution in [1.82, 2.24) is 10.2 Å². The van der Waals surface area contributed by atoms with E-state index >= 15 is 0 Å². The second-order valence-corrected chi connectivity index (χ2v) is 7.85. The Labute approximate surface area is 129 Å². The number of hydrogen-bond donors (Lipinski definition) is 1. The number of thiophene rings is 1. The predicted octanol–water partition coefficient (Wildman–Crippen LogP) is 1.72. The quantitative estimate of drug-likeness (QED) is 0.901. The minimum Gasteiger partial charge on any atom is -0.380 e. The first-order valence-corrected chi connectivity index (χ1v) is 8.73. The van der Waals surface area contributed by atoms with Crippen LogP contribution in [0.25, 0.3) is 0 Å². The van der Waals surface area contributed by atoms with Crippen molar-refractivity contribution in [3.8, 4) is 0 Å². The average Bonchev–Trinajstić information content (AvgIpc) is 2.90. The van der Waals surface area contributed by atoms with E-state index in [-0.39, 0.29) is 11.3 Å². The van der Waals surface area contributed by atoms with Crippen LogP contribution in [0, 0.1) is 17.3 Å². The van der Waals surface area contributed by atoms with Crippen LogP contribution < -0.4 is 5.32 Å². The summed E-state index contributed by atoms with van der Waals surface area (Å²) >= 11 is 1.82. The first-order chi connectivity index (χ1) is 10.3. The van der Waals surface area contributed by atoms with Gasteiger partial charge in [0.05, 0.1) is 13.2 Å². The van der Waals surface area contributed by atoms with Crippen LogP contribution >= 0.6 is 11.3 Å². The second-order valence-electron chi connectivity index (χ2n) is 6.82. The van der Waals surface area contributed by atoms with Crippen LogP contribution in [0.3, 0.4) is 0 Å². The Bertz CT molecular complexity index is 514. The molecule has 4 nitrogen and oxygen atoms in total. The molecule has 1 aromatic heterocycles. The lowest BCUT2D eigenvalue weighted by molar-refractivity contribution is -0.122. The highest BCUT2D eigenvalue weighted by atomic mass is 32.1. The van der Waals surface area contributed by atoms with Gasteiger partial charge in [0, 0.05) is 48.3 Å². The lowest BCUT2D eigenvalue weighted by atomic mass is 9.81. The highest BCUT2D eigenvalue weighted by Gasteiger charge is 2.50. The predicted molar refractivity (Wildman–Crippen MR) is 82.1 cm³/mol. The van der Waals surface area contributed by atoms with Gasteiger partial charge in [0.2, 0.25) is 5.91 Å². The Kier molecular flexibility index (Phi) is 3.52. The molecule has 0 unspecified atom stereocenters. The molecule has 0 bridgehead atoms. The first-order valence-electron chi connectivity index (χ1n) is 7.85. The van der Waals surface area contributed by atoms with Gasteiger partial charge in [-0.15, -0.1) is 11.3 Å². The Hall–Kier alpha value is -0.910. The number of amides is 1. The standard InChI is InChI=1S/C16H22N2O2S/c19-15(12-3-4-12)17-9-16-10-18(6-13(16)8-20-11-16)7-14-2-1-5-21-14/h1-2,5,12-13H,3-4,6-11H2,(H,17,19)/t13-,16+/m1/s1. The van der Waals surface area contributed by atoms with Gasteiger partial charge in [-0.3, -0.25) is 9.69 Å². The van der Waals surface area contributed by atoms with E-state index in [1.165, 1.54) is 4.88 Å². The molecule has 3 fully saturated rings. The summed E-state index contributed by atoms with van der Waals surface area (Å²) in [6.45, 7) is 5.60. The smallest absolute Gasteiger partial charge is 0.223 e. The minimum atomic E-state index is 0.141. The van der Waals surface area contributed by atoms with Crippen LogP contribution in [-0.4, -0.2) is 43.7 Å². The molecular formula is C16H22N2O2S. The van der Waals surface area contributed by atoms with Crippen LogP contribution in [0.2, 0.25) is 0 Å². The number of hydrogen-bond acceptors (Lipinski definition) is 4. The Morgan fingerprint density at radius 3 is 3.19 bits per heavy atom. The van der Waals surface area contributed by atoms with Crippen LogP contribution in [0.15, 0.2) is 17.5 Å². The molecular weight excluding hydrogens is 284 g/mol. The maximum Gasteiger partial charge on any atom is 0.223 e. The van der Waals surface area contributed by atoms with Gasteiger partial charge in [-0.1, -0.05) is 6.07 Å². The summed E-state index contributed by atoms with van der Waals surface area (Å²) in [6.07, 6.45) is 2.15. The Morgan fingerprint density at radius 1 is 1.52 bits per heavy atom. The number of ether oxygens (including phenoxy) is 1. The van der Waals surface area contributed by atoms with E-state index in [1.54, 1.807) is 0 Å². The first kappa shape index (κ1) is 13.7. The Morgan fingerprint density at radius 2 is 2.43 bits per heavy atom. The van der Waals surface area contributed by atoms with E-state index in [4.69, 9.17) is 4.74 Å². The largest absolute Gasteiger partial charge is 0.380 e. The molecule has 21 heavy (non-hydrogen) atoms. The molecule has 3 aliphatic rings. The second kappa shape index (κ2) is 5.38. The fraction of sp³-hybridized carbons (Fsp3) is 0.688. The van der Waals surface area contributed by atoms with E-state index in [0.717, 1.165) is 52.2 Å². The van der Waals surface area contributed by atoms with Crippen LogP contribution in [0.5, 0.6) is 0 Å². The number of carbonyl (C=O) groups excluding carboxylic acids is 1. The zero-order valence-corrected chi connectivity index (χ0v) is 13.0. The molecule has 1 N–H and O–H groups in total. The van der Waals surface area contributed by atoms with Crippen molar-refractivity contribution in [2.75, 3.05) is 32.8 Å². The molecule has 3 heterocycles. The van der Waals surface area contributed by atoms with E-state index < -0.39 is 0 Å². The monoisotopic (exact) mass is 306 g/mol. The van der Waals surface area contributed by atoms with Crippen molar-refractivity contribution >= 4 is 17.2 Å². The summed E-state index contributed by atoms with van der Waals surface area (Å²) in [5.74, 6) is 1.12. The zero-order chi connectivity index (χ0) is 14.3. The molecule has 0 spiro atoms. The normalized spacial score (nSPS) is 32.3. The molecule has 1 amide bonds. The van der Waals surface area contributed by atoms with Crippen molar-refractivity contribution in [1.29, 1.82) is 0 Å². The number of likely N-dealkylation sites (tertiary alicyclic amines) is 1. The number of nitrogens with one attached hydrogen (secondary N) is 1. The molecule has 1 saturated carbocycles. The fourth-order valence-electron chi connectivity index (χ4n) is 3.69. The highest BCUT2D eigenvalue weighted by molar-refractivity contribution is 7.09.